The summed E-state index contributed by atoms with van der Waals surface area (Å²) in [5, 5.41) is 45.7. The number of nitrogens with zero attached hydrogens (tertiary/aromatic N) is 10. The van der Waals surface area contributed by atoms with Gasteiger partial charge in [0.15, 0.2) is 11.3 Å². The van der Waals surface area contributed by atoms with Crippen molar-refractivity contribution in [2.24, 2.45) is 0 Å². The van der Waals surface area contributed by atoms with Crippen LogP contribution >= 0.6 is 0 Å². The summed E-state index contributed by atoms with van der Waals surface area (Å²) in [5.74, 6) is 0.527. The summed E-state index contributed by atoms with van der Waals surface area (Å²) in [6.07, 6.45) is 24.7. The molecule has 12 rings (SSSR count). The molecule has 0 bridgehead atoms. The number of hydrogen-bond donors (Lipinski definition) is 4. The lowest BCUT2D eigenvalue weighted by Gasteiger charge is -2.25. The Morgan fingerprint density at radius 1 is 0.609 bits per heavy atom. The van der Waals surface area contributed by atoms with Gasteiger partial charge in [-0.15, -0.1) is 0 Å². The van der Waals surface area contributed by atoms with Crippen LogP contribution < -0.4 is 20.1 Å². The summed E-state index contributed by atoms with van der Waals surface area (Å²) in [4.78, 5) is 35.1. The number of aliphatic hydroxyl groups excluding tert-OH is 2. The molecule has 8 aromatic rings. The van der Waals surface area contributed by atoms with Gasteiger partial charge in [0.2, 0.25) is 0 Å². The molecule has 0 saturated heterocycles. The fourth-order valence-corrected chi connectivity index (χ4v) is 8.77. The molecule has 0 aliphatic heterocycles. The highest BCUT2D eigenvalue weighted by Gasteiger charge is 2.30. The highest BCUT2D eigenvalue weighted by atomic mass is 16.5. The van der Waals surface area contributed by atoms with Crippen LogP contribution in [0, 0.1) is 0 Å². The van der Waals surface area contributed by atoms with Crippen LogP contribution in [0.3, 0.4) is 0 Å². The second-order valence-corrected chi connectivity index (χ2v) is 17.4. The lowest BCUT2D eigenvalue weighted by Crippen LogP contribution is -2.22. The first-order valence-corrected chi connectivity index (χ1v) is 22.2. The molecule has 328 valence electrons. The van der Waals surface area contributed by atoms with Gasteiger partial charge in [-0.05, 0) is 101 Å². The predicted molar refractivity (Wildman–Crippen MR) is 236 cm³/mol. The zero-order valence-electron chi connectivity index (χ0n) is 35.0. The minimum Gasteiger partial charge on any atom is -0.490 e. The van der Waals surface area contributed by atoms with Crippen LogP contribution in [-0.4, -0.2) is 95.2 Å². The van der Waals surface area contributed by atoms with Crippen LogP contribution in [0.2, 0.25) is 0 Å². The summed E-state index contributed by atoms with van der Waals surface area (Å²) in [7, 11) is 0. The third-order valence-electron chi connectivity index (χ3n) is 12.4. The van der Waals surface area contributed by atoms with Gasteiger partial charge in [-0.1, -0.05) is 0 Å². The van der Waals surface area contributed by atoms with Gasteiger partial charge in [0.25, 0.3) is 11.8 Å². The molecule has 2 amide bonds. The minimum atomic E-state index is -0.282. The average molecular weight is 865 g/mol. The van der Waals surface area contributed by atoms with Crippen molar-refractivity contribution in [3.05, 3.63) is 97.1 Å². The molecule has 0 radical (unpaired) electrons. The highest BCUT2D eigenvalue weighted by Crippen LogP contribution is 2.37. The number of aliphatic hydroxyl groups is 2. The van der Waals surface area contributed by atoms with E-state index in [0.717, 1.165) is 86.0 Å². The van der Waals surface area contributed by atoms with E-state index in [2.05, 4.69) is 30.8 Å². The summed E-state index contributed by atoms with van der Waals surface area (Å²) >= 11 is 0. The zero-order chi connectivity index (χ0) is 43.3. The van der Waals surface area contributed by atoms with Crippen molar-refractivity contribution in [2.45, 2.75) is 114 Å². The van der Waals surface area contributed by atoms with Crippen molar-refractivity contribution in [1.82, 2.24) is 48.8 Å². The molecule has 18 heteroatoms. The topological polar surface area (TPSA) is 213 Å². The lowest BCUT2D eigenvalue weighted by atomic mass is 9.93. The summed E-state index contributed by atoms with van der Waals surface area (Å²) < 4.78 is 19.3. The number of benzene rings is 2. The van der Waals surface area contributed by atoms with Crippen molar-refractivity contribution in [2.75, 3.05) is 10.6 Å². The van der Waals surface area contributed by atoms with Gasteiger partial charge in [0.05, 0.1) is 71.1 Å². The zero-order valence-corrected chi connectivity index (χ0v) is 35.0. The Labute approximate surface area is 366 Å². The molecular formula is C46H48N12O6. The number of carbonyl (C=O) groups is 2. The number of aromatic nitrogens is 10. The van der Waals surface area contributed by atoms with Gasteiger partial charge < -0.3 is 30.3 Å². The largest absolute Gasteiger partial charge is 0.490 e. The third kappa shape index (κ3) is 8.33. The minimum absolute atomic E-state index is 0.147. The van der Waals surface area contributed by atoms with Crippen LogP contribution in [0.4, 0.5) is 11.4 Å². The second-order valence-electron chi connectivity index (χ2n) is 17.4. The van der Waals surface area contributed by atoms with E-state index >= 15 is 0 Å². The summed E-state index contributed by atoms with van der Waals surface area (Å²) in [5.41, 5.74) is 4.74. The first kappa shape index (κ1) is 39.9. The average Bonchev–Trinajstić information content (AvgIpc) is 4.10. The van der Waals surface area contributed by atoms with E-state index in [9.17, 15) is 19.8 Å². The molecule has 0 spiro atoms. The van der Waals surface area contributed by atoms with Gasteiger partial charge >= 0.3 is 0 Å². The van der Waals surface area contributed by atoms with Gasteiger partial charge in [0.1, 0.15) is 22.9 Å². The Hall–Kier alpha value is -6.92. The van der Waals surface area contributed by atoms with Crippen molar-refractivity contribution in [3.63, 3.8) is 0 Å². The molecule has 4 aliphatic rings. The number of amides is 2. The molecule has 64 heavy (non-hydrogen) atoms. The smallest absolute Gasteiger partial charge is 0.259 e. The molecule has 2 aromatic carbocycles. The molecule has 4 N–H and O–H groups in total. The van der Waals surface area contributed by atoms with E-state index in [0.29, 0.717) is 58.1 Å². The van der Waals surface area contributed by atoms with Gasteiger partial charge in [0, 0.05) is 60.1 Å². The number of ether oxygens (including phenoxy) is 2. The number of anilines is 2. The molecule has 4 fully saturated rings. The number of carbonyl (C=O) groups excluding carboxylic acids is 2. The van der Waals surface area contributed by atoms with Gasteiger partial charge in [-0.2, -0.15) is 20.4 Å². The number of nitrogens with one attached hydrogen (secondary N) is 2. The number of hydrogen-bond acceptors (Lipinski definition) is 12. The third-order valence-corrected chi connectivity index (χ3v) is 12.4. The predicted octanol–water partition coefficient (Wildman–Crippen LogP) is 6.70. The van der Waals surface area contributed by atoms with Gasteiger partial charge in [-0.25, -0.2) is 19.0 Å². The van der Waals surface area contributed by atoms with Gasteiger partial charge in [-0.3, -0.25) is 19.0 Å². The first-order valence-electron chi connectivity index (χ1n) is 22.2. The molecular weight excluding hydrogens is 817 g/mol. The fraction of sp³-hybridized carbons (Fsp3) is 0.391. The standard InChI is InChI=1S/2C23H24N6O3/c2*30-16-4-1-3-15(10-16)29-13-14-9-18(21(11-19(14)27-29)32-17-5-6-17)23(31)26-20-12-25-28-8-2-7-24-22(20)28/h2*2,7-9,11-13,15-17,30H,1,3-6,10H2,(H,26,31)/t2*15-,16-/m00/s1. The summed E-state index contributed by atoms with van der Waals surface area (Å²) in [6, 6.07) is 11.3. The maximum atomic E-state index is 13.3. The monoisotopic (exact) mass is 864 g/mol. The molecule has 4 atom stereocenters. The molecule has 6 aromatic heterocycles. The second kappa shape index (κ2) is 16.7. The molecule has 0 unspecified atom stereocenters. The Balaban J connectivity index is 0.000000143. The maximum Gasteiger partial charge on any atom is 0.259 e. The number of fused-ring (bicyclic) bond motifs is 4. The Morgan fingerprint density at radius 2 is 1.06 bits per heavy atom. The fourth-order valence-electron chi connectivity index (χ4n) is 8.77. The van der Waals surface area contributed by atoms with Crippen LogP contribution in [0.1, 0.15) is 110 Å². The lowest BCUT2D eigenvalue weighted by molar-refractivity contribution is 0.100. The van der Waals surface area contributed by atoms with Crippen molar-refractivity contribution in [3.8, 4) is 11.5 Å². The van der Waals surface area contributed by atoms with Crippen molar-refractivity contribution < 1.29 is 29.3 Å². The normalized spacial score (nSPS) is 21.2. The van der Waals surface area contributed by atoms with Crippen LogP contribution in [0.5, 0.6) is 11.5 Å². The summed E-state index contributed by atoms with van der Waals surface area (Å²) in [6.45, 7) is 0. The Bertz CT molecular complexity index is 2820. The van der Waals surface area contributed by atoms with E-state index in [-0.39, 0.29) is 48.3 Å². The van der Waals surface area contributed by atoms with E-state index < -0.39 is 0 Å². The maximum absolute atomic E-state index is 13.3. The quantitative estimate of drug-likeness (QED) is 0.113. The van der Waals surface area contributed by atoms with E-state index in [1.165, 1.54) is 0 Å². The Morgan fingerprint density at radius 3 is 1.48 bits per heavy atom. The number of rotatable bonds is 10. The SMILES string of the molecule is O=C(Nc1cnn2cccnc12)c1cc2cn([C@H]3CCC[C@H](O)C3)nc2cc1OC1CC1.O=C(Nc1cnn2cccnc12)c1cc2cn([C@H]3CCC[C@H](O)C3)nc2cc1OC1CC1. The van der Waals surface area contributed by atoms with E-state index in [1.807, 2.05) is 46.0 Å². The molecule has 4 aliphatic carbocycles. The van der Waals surface area contributed by atoms with Crippen molar-refractivity contribution in [1.29, 1.82) is 0 Å². The van der Waals surface area contributed by atoms with Crippen LogP contribution in [0.15, 0.2) is 86.0 Å². The molecule has 4 saturated carbocycles. The van der Waals surface area contributed by atoms with E-state index in [4.69, 9.17) is 19.7 Å². The van der Waals surface area contributed by atoms with Crippen molar-refractivity contribution >= 4 is 56.3 Å². The highest BCUT2D eigenvalue weighted by molar-refractivity contribution is 6.10. The molecule has 6 heterocycles. The Kier molecular flexibility index (Phi) is 10.4. The molecule has 18 nitrogen and oxygen atoms in total. The first-order chi connectivity index (χ1) is 31.3. The van der Waals surface area contributed by atoms with Crippen LogP contribution in [-0.2, 0) is 0 Å². The van der Waals surface area contributed by atoms with E-state index in [1.54, 1.807) is 58.3 Å². The van der Waals surface area contributed by atoms with Crippen LogP contribution in [0.25, 0.3) is 33.1 Å².